The number of hydrogen-bond donors (Lipinski definition) is 2. The quantitative estimate of drug-likeness (QED) is 0.633. The lowest BCUT2D eigenvalue weighted by molar-refractivity contribution is 0.0942. The normalized spacial score (nSPS) is 12.6. The van der Waals surface area contributed by atoms with Crippen molar-refractivity contribution >= 4 is 15.9 Å². The topological polar surface area (TPSA) is 78.5 Å². The second-order valence-electron chi connectivity index (χ2n) is 6.77. The van der Waals surface area contributed by atoms with Crippen LogP contribution in [0.1, 0.15) is 27.5 Å². The third-order valence-corrected chi connectivity index (χ3v) is 5.83. The molecular weight excluding hydrogens is 374 g/mol. The van der Waals surface area contributed by atoms with Gasteiger partial charge in [0.2, 0.25) is 10.0 Å². The van der Waals surface area contributed by atoms with E-state index >= 15 is 0 Å². The molecule has 0 fully saturated rings. The van der Waals surface area contributed by atoms with Crippen molar-refractivity contribution in [1.29, 1.82) is 0 Å². The molecule has 0 spiro atoms. The van der Waals surface area contributed by atoms with Crippen molar-refractivity contribution in [1.82, 2.24) is 14.9 Å². The van der Waals surface area contributed by atoms with E-state index < -0.39 is 10.0 Å². The van der Waals surface area contributed by atoms with Gasteiger partial charge in [-0.05, 0) is 50.8 Å². The standard InChI is InChI=1S/C21H27N3O3S/c1-5-14-23-28(26,27)19-12-10-18(11-13-19)21(25)22-15-20(24(3)4)17-8-6-16(2)7-9-17/h5-13,20,23H,1,14-15H2,2-4H3,(H,22,25). The van der Waals surface area contributed by atoms with E-state index in [0.29, 0.717) is 12.1 Å². The van der Waals surface area contributed by atoms with E-state index in [1.165, 1.54) is 35.9 Å². The molecule has 0 aliphatic rings. The zero-order chi connectivity index (χ0) is 20.7. The van der Waals surface area contributed by atoms with Crippen LogP contribution >= 0.6 is 0 Å². The first kappa shape index (κ1) is 21.8. The summed E-state index contributed by atoms with van der Waals surface area (Å²) in [6.45, 7) is 6.11. The van der Waals surface area contributed by atoms with Crippen molar-refractivity contribution in [2.45, 2.75) is 17.9 Å². The molecule has 1 unspecified atom stereocenters. The third kappa shape index (κ3) is 5.76. The first-order chi connectivity index (χ1) is 13.2. The minimum atomic E-state index is -3.60. The highest BCUT2D eigenvalue weighted by atomic mass is 32.2. The van der Waals surface area contributed by atoms with Gasteiger partial charge in [-0.2, -0.15) is 0 Å². The lowest BCUT2D eigenvalue weighted by Crippen LogP contribution is -2.34. The number of hydrogen-bond acceptors (Lipinski definition) is 4. The van der Waals surface area contributed by atoms with Crippen LogP contribution in [-0.4, -0.2) is 46.4 Å². The Labute approximate surface area is 167 Å². The molecule has 0 aromatic heterocycles. The van der Waals surface area contributed by atoms with Crippen LogP contribution in [0, 0.1) is 6.92 Å². The molecule has 0 radical (unpaired) electrons. The van der Waals surface area contributed by atoms with E-state index in [9.17, 15) is 13.2 Å². The molecule has 150 valence electrons. The van der Waals surface area contributed by atoms with Crippen LogP contribution in [0.5, 0.6) is 0 Å². The van der Waals surface area contributed by atoms with Gasteiger partial charge >= 0.3 is 0 Å². The molecule has 0 saturated carbocycles. The molecule has 2 aromatic rings. The smallest absolute Gasteiger partial charge is 0.251 e. The number of nitrogens with one attached hydrogen (secondary N) is 2. The number of carbonyl (C=O) groups is 1. The average molecular weight is 402 g/mol. The molecule has 0 bridgehead atoms. The van der Waals surface area contributed by atoms with Gasteiger partial charge < -0.3 is 10.2 Å². The summed E-state index contributed by atoms with van der Waals surface area (Å²) in [6.07, 6.45) is 1.47. The highest BCUT2D eigenvalue weighted by Gasteiger charge is 2.17. The molecule has 6 nitrogen and oxygen atoms in total. The van der Waals surface area contributed by atoms with E-state index in [1.54, 1.807) is 0 Å². The SMILES string of the molecule is C=CCNS(=O)(=O)c1ccc(C(=O)NCC(c2ccc(C)cc2)N(C)C)cc1. The second kappa shape index (κ2) is 9.64. The maximum Gasteiger partial charge on any atom is 0.251 e. The van der Waals surface area contributed by atoms with Crippen molar-refractivity contribution in [3.63, 3.8) is 0 Å². The Bertz CT molecular complexity index is 905. The number of sulfonamides is 1. The van der Waals surface area contributed by atoms with Gasteiger partial charge in [-0.25, -0.2) is 13.1 Å². The van der Waals surface area contributed by atoms with Gasteiger partial charge in [0.1, 0.15) is 0 Å². The summed E-state index contributed by atoms with van der Waals surface area (Å²) in [5, 5.41) is 2.93. The largest absolute Gasteiger partial charge is 0.350 e. The van der Waals surface area contributed by atoms with Crippen molar-refractivity contribution in [2.75, 3.05) is 27.2 Å². The Morgan fingerprint density at radius 3 is 2.25 bits per heavy atom. The van der Waals surface area contributed by atoms with Crippen molar-refractivity contribution < 1.29 is 13.2 Å². The molecule has 28 heavy (non-hydrogen) atoms. The molecule has 2 aromatic carbocycles. The Morgan fingerprint density at radius 1 is 1.11 bits per heavy atom. The van der Waals surface area contributed by atoms with Crippen LogP contribution in [0.3, 0.4) is 0 Å². The predicted octanol–water partition coefficient (Wildman–Crippen LogP) is 2.49. The maximum atomic E-state index is 12.5. The van der Waals surface area contributed by atoms with Gasteiger partial charge in [-0.3, -0.25) is 4.79 Å². The average Bonchev–Trinajstić information content (AvgIpc) is 2.67. The number of amides is 1. The summed E-state index contributed by atoms with van der Waals surface area (Å²) < 4.78 is 26.6. The molecule has 0 aliphatic heterocycles. The molecule has 2 rings (SSSR count). The molecule has 7 heteroatoms. The Morgan fingerprint density at radius 2 is 1.71 bits per heavy atom. The van der Waals surface area contributed by atoms with Gasteiger partial charge in [-0.15, -0.1) is 6.58 Å². The van der Waals surface area contributed by atoms with Gasteiger partial charge in [-0.1, -0.05) is 35.9 Å². The lowest BCUT2D eigenvalue weighted by Gasteiger charge is -2.25. The number of likely N-dealkylation sites (N-methyl/N-ethyl adjacent to an activating group) is 1. The summed E-state index contributed by atoms with van der Waals surface area (Å²) in [5.41, 5.74) is 2.71. The lowest BCUT2D eigenvalue weighted by atomic mass is 10.0. The molecule has 0 aliphatic carbocycles. The first-order valence-electron chi connectivity index (χ1n) is 8.96. The van der Waals surface area contributed by atoms with Gasteiger partial charge in [0, 0.05) is 18.7 Å². The summed E-state index contributed by atoms with van der Waals surface area (Å²) in [6, 6.07) is 14.1. The van der Waals surface area contributed by atoms with Crippen LogP contribution in [0.2, 0.25) is 0 Å². The van der Waals surface area contributed by atoms with Crippen LogP contribution in [-0.2, 0) is 10.0 Å². The summed E-state index contributed by atoms with van der Waals surface area (Å²) >= 11 is 0. The van der Waals surface area contributed by atoms with Crippen LogP contribution < -0.4 is 10.0 Å². The fourth-order valence-corrected chi connectivity index (χ4v) is 3.71. The fraction of sp³-hybridized carbons (Fsp3) is 0.286. The first-order valence-corrected chi connectivity index (χ1v) is 10.4. The minimum Gasteiger partial charge on any atom is -0.350 e. The Balaban J connectivity index is 2.05. The number of rotatable bonds is 9. The summed E-state index contributed by atoms with van der Waals surface area (Å²) in [4.78, 5) is 14.6. The zero-order valence-electron chi connectivity index (χ0n) is 16.5. The Hall–Kier alpha value is -2.48. The third-order valence-electron chi connectivity index (χ3n) is 4.39. The van der Waals surface area contributed by atoms with Crippen LogP contribution in [0.15, 0.2) is 66.1 Å². The van der Waals surface area contributed by atoms with E-state index in [0.717, 1.165) is 5.56 Å². The van der Waals surface area contributed by atoms with Crippen molar-refractivity contribution in [2.24, 2.45) is 0 Å². The highest BCUT2D eigenvalue weighted by Crippen LogP contribution is 2.18. The zero-order valence-corrected chi connectivity index (χ0v) is 17.3. The molecule has 0 saturated heterocycles. The molecule has 1 amide bonds. The number of aryl methyl sites for hydroxylation is 1. The molecule has 2 N–H and O–H groups in total. The monoisotopic (exact) mass is 401 g/mol. The van der Waals surface area contributed by atoms with Crippen LogP contribution in [0.25, 0.3) is 0 Å². The van der Waals surface area contributed by atoms with Gasteiger partial charge in [0.25, 0.3) is 5.91 Å². The minimum absolute atomic E-state index is 0.0345. The number of nitrogens with zero attached hydrogens (tertiary/aromatic N) is 1. The second-order valence-corrected chi connectivity index (χ2v) is 8.53. The maximum absolute atomic E-state index is 12.5. The van der Waals surface area contributed by atoms with Gasteiger partial charge in [0.05, 0.1) is 10.9 Å². The van der Waals surface area contributed by atoms with Crippen LogP contribution in [0.4, 0.5) is 0 Å². The molecular formula is C21H27N3O3S. The molecule has 0 heterocycles. The highest BCUT2D eigenvalue weighted by molar-refractivity contribution is 7.89. The predicted molar refractivity (Wildman–Crippen MR) is 112 cm³/mol. The summed E-state index contributed by atoms with van der Waals surface area (Å²) in [5.74, 6) is -0.248. The van der Waals surface area contributed by atoms with Crippen molar-refractivity contribution in [3.8, 4) is 0 Å². The van der Waals surface area contributed by atoms with E-state index in [-0.39, 0.29) is 23.4 Å². The van der Waals surface area contributed by atoms with Crippen molar-refractivity contribution in [3.05, 3.63) is 77.9 Å². The fourth-order valence-electron chi connectivity index (χ4n) is 2.72. The molecule has 1 atom stereocenters. The Kier molecular flexibility index (Phi) is 7.51. The van der Waals surface area contributed by atoms with E-state index in [1.807, 2.05) is 38.1 Å². The van der Waals surface area contributed by atoms with Gasteiger partial charge in [0.15, 0.2) is 0 Å². The summed E-state index contributed by atoms with van der Waals surface area (Å²) in [7, 11) is 0.329. The number of benzene rings is 2. The van der Waals surface area contributed by atoms with E-state index in [2.05, 4.69) is 28.8 Å². The van der Waals surface area contributed by atoms with E-state index in [4.69, 9.17) is 0 Å². The number of carbonyl (C=O) groups excluding carboxylic acids is 1.